The van der Waals surface area contributed by atoms with Gasteiger partial charge in [-0.05, 0) is 50.2 Å². The van der Waals surface area contributed by atoms with Gasteiger partial charge >= 0.3 is 0 Å². The lowest BCUT2D eigenvalue weighted by atomic mass is 10.3. The lowest BCUT2D eigenvalue weighted by Crippen LogP contribution is -2.14. The smallest absolute Gasteiger partial charge is 0.119 e. The van der Waals surface area contributed by atoms with Crippen molar-refractivity contribution in [3.8, 4) is 11.5 Å². The number of unbranched alkanes of at least 4 members (excludes halogenated alkanes) is 1. The van der Waals surface area contributed by atoms with Crippen LogP contribution in [-0.2, 0) is 0 Å². The molecule has 0 saturated carbocycles. The van der Waals surface area contributed by atoms with Crippen LogP contribution >= 0.6 is 0 Å². The highest BCUT2D eigenvalue weighted by atomic mass is 16.5. The van der Waals surface area contributed by atoms with Gasteiger partial charge in [0.25, 0.3) is 0 Å². The van der Waals surface area contributed by atoms with Crippen molar-refractivity contribution >= 4 is 0 Å². The van der Waals surface area contributed by atoms with Gasteiger partial charge in [0.15, 0.2) is 0 Å². The van der Waals surface area contributed by atoms with Gasteiger partial charge in [0.05, 0.1) is 13.7 Å². The molecule has 3 heteroatoms. The Morgan fingerprint density at radius 1 is 1.06 bits per heavy atom. The van der Waals surface area contributed by atoms with Gasteiger partial charge in [-0.25, -0.2) is 0 Å². The van der Waals surface area contributed by atoms with Crippen LogP contribution in [0.2, 0.25) is 0 Å². The third-order valence-corrected chi connectivity index (χ3v) is 2.33. The minimum Gasteiger partial charge on any atom is -0.497 e. The summed E-state index contributed by atoms with van der Waals surface area (Å²) >= 11 is 0. The molecule has 0 heterocycles. The van der Waals surface area contributed by atoms with Crippen LogP contribution in [0.4, 0.5) is 0 Å². The molecule has 0 saturated heterocycles. The Hall–Kier alpha value is -1.22. The number of ether oxygens (including phenoxy) is 2. The molecular weight excluding hydrogens is 202 g/mol. The van der Waals surface area contributed by atoms with Gasteiger partial charge < -0.3 is 14.8 Å². The summed E-state index contributed by atoms with van der Waals surface area (Å²) in [4.78, 5) is 0. The number of benzene rings is 1. The first-order valence-corrected chi connectivity index (χ1v) is 5.84. The Bertz CT molecular complexity index is 272. The van der Waals surface area contributed by atoms with E-state index in [1.54, 1.807) is 7.11 Å². The molecule has 0 atom stereocenters. The molecule has 0 aliphatic heterocycles. The highest BCUT2D eigenvalue weighted by Crippen LogP contribution is 2.17. The molecule has 0 fully saturated rings. The van der Waals surface area contributed by atoms with Crippen molar-refractivity contribution in [1.29, 1.82) is 0 Å². The summed E-state index contributed by atoms with van der Waals surface area (Å²) in [6, 6.07) is 7.69. The van der Waals surface area contributed by atoms with Crippen molar-refractivity contribution in [1.82, 2.24) is 5.32 Å². The zero-order chi connectivity index (χ0) is 11.6. The minimum absolute atomic E-state index is 0.776. The van der Waals surface area contributed by atoms with Crippen molar-refractivity contribution < 1.29 is 9.47 Å². The fourth-order valence-corrected chi connectivity index (χ4v) is 1.39. The topological polar surface area (TPSA) is 30.5 Å². The molecule has 1 aromatic carbocycles. The summed E-state index contributed by atoms with van der Waals surface area (Å²) < 4.78 is 10.7. The summed E-state index contributed by atoms with van der Waals surface area (Å²) in [5, 5.41) is 3.29. The van der Waals surface area contributed by atoms with Gasteiger partial charge in [-0.3, -0.25) is 0 Å². The SMILES string of the molecule is CCNCCCCOc1ccc(OC)cc1. The van der Waals surface area contributed by atoms with Crippen LogP contribution in [0, 0.1) is 0 Å². The quantitative estimate of drug-likeness (QED) is 0.687. The Labute approximate surface area is 97.8 Å². The van der Waals surface area contributed by atoms with Crippen LogP contribution in [-0.4, -0.2) is 26.8 Å². The fraction of sp³-hybridized carbons (Fsp3) is 0.538. The van der Waals surface area contributed by atoms with Crippen molar-refractivity contribution in [2.45, 2.75) is 19.8 Å². The molecular formula is C13H21NO2. The Morgan fingerprint density at radius 2 is 1.75 bits per heavy atom. The maximum absolute atomic E-state index is 5.60. The van der Waals surface area contributed by atoms with Gasteiger partial charge in [-0.1, -0.05) is 6.92 Å². The zero-order valence-electron chi connectivity index (χ0n) is 10.2. The number of nitrogens with one attached hydrogen (secondary N) is 1. The van der Waals surface area contributed by atoms with E-state index in [9.17, 15) is 0 Å². The average Bonchev–Trinajstić information content (AvgIpc) is 2.34. The molecule has 0 aliphatic carbocycles. The van der Waals surface area contributed by atoms with E-state index in [-0.39, 0.29) is 0 Å². The molecule has 1 N–H and O–H groups in total. The second-order valence-corrected chi connectivity index (χ2v) is 3.58. The highest BCUT2D eigenvalue weighted by Gasteiger charge is 1.94. The molecule has 0 radical (unpaired) electrons. The molecule has 0 bridgehead atoms. The third-order valence-electron chi connectivity index (χ3n) is 2.33. The van der Waals surface area contributed by atoms with E-state index in [1.165, 1.54) is 0 Å². The Morgan fingerprint density at radius 3 is 2.38 bits per heavy atom. The summed E-state index contributed by atoms with van der Waals surface area (Å²) in [7, 11) is 1.66. The minimum atomic E-state index is 0.776. The number of hydrogen-bond acceptors (Lipinski definition) is 3. The molecule has 1 rings (SSSR count). The van der Waals surface area contributed by atoms with Crippen LogP contribution in [0.1, 0.15) is 19.8 Å². The first-order valence-electron chi connectivity index (χ1n) is 5.84. The standard InChI is InChI=1S/C13H21NO2/c1-3-14-10-4-5-11-16-13-8-6-12(15-2)7-9-13/h6-9,14H,3-5,10-11H2,1-2H3. The number of rotatable bonds is 8. The second-order valence-electron chi connectivity index (χ2n) is 3.58. The number of methoxy groups -OCH3 is 1. The van der Waals surface area contributed by atoms with Gasteiger partial charge in [-0.2, -0.15) is 0 Å². The molecule has 16 heavy (non-hydrogen) atoms. The molecule has 1 aromatic rings. The lowest BCUT2D eigenvalue weighted by Gasteiger charge is -2.07. The van der Waals surface area contributed by atoms with Crippen LogP contribution in [0.25, 0.3) is 0 Å². The monoisotopic (exact) mass is 223 g/mol. The largest absolute Gasteiger partial charge is 0.497 e. The van der Waals surface area contributed by atoms with Gasteiger partial charge in [0.1, 0.15) is 11.5 Å². The van der Waals surface area contributed by atoms with E-state index in [1.807, 2.05) is 24.3 Å². The van der Waals surface area contributed by atoms with E-state index in [2.05, 4.69) is 12.2 Å². The summed E-state index contributed by atoms with van der Waals surface area (Å²) in [6.45, 7) is 5.01. The zero-order valence-corrected chi connectivity index (χ0v) is 10.2. The van der Waals surface area contributed by atoms with E-state index < -0.39 is 0 Å². The van der Waals surface area contributed by atoms with E-state index in [0.29, 0.717) is 0 Å². The van der Waals surface area contributed by atoms with Crippen LogP contribution < -0.4 is 14.8 Å². The predicted octanol–water partition coefficient (Wildman–Crippen LogP) is 2.46. The number of hydrogen-bond donors (Lipinski definition) is 1. The molecule has 3 nitrogen and oxygen atoms in total. The van der Waals surface area contributed by atoms with Crippen LogP contribution in [0.15, 0.2) is 24.3 Å². The summed E-state index contributed by atoms with van der Waals surface area (Å²) in [5.74, 6) is 1.77. The maximum atomic E-state index is 5.60. The molecule has 0 aliphatic rings. The molecule has 0 spiro atoms. The van der Waals surface area contributed by atoms with Gasteiger partial charge in [-0.15, -0.1) is 0 Å². The Kier molecular flexibility index (Phi) is 6.42. The highest BCUT2D eigenvalue weighted by molar-refractivity contribution is 5.30. The Balaban J connectivity index is 2.12. The van der Waals surface area contributed by atoms with Crippen molar-refractivity contribution in [3.63, 3.8) is 0 Å². The van der Waals surface area contributed by atoms with Gasteiger partial charge in [0.2, 0.25) is 0 Å². The summed E-state index contributed by atoms with van der Waals surface area (Å²) in [6.07, 6.45) is 2.24. The maximum Gasteiger partial charge on any atom is 0.119 e. The lowest BCUT2D eigenvalue weighted by molar-refractivity contribution is 0.305. The third kappa shape index (κ3) is 5.03. The molecule has 90 valence electrons. The predicted molar refractivity (Wildman–Crippen MR) is 66.3 cm³/mol. The summed E-state index contributed by atoms with van der Waals surface area (Å²) in [5.41, 5.74) is 0. The fourth-order valence-electron chi connectivity index (χ4n) is 1.39. The van der Waals surface area contributed by atoms with Crippen LogP contribution in [0.3, 0.4) is 0 Å². The molecule has 0 unspecified atom stereocenters. The van der Waals surface area contributed by atoms with E-state index in [4.69, 9.17) is 9.47 Å². The normalized spacial score (nSPS) is 10.1. The average molecular weight is 223 g/mol. The second kappa shape index (κ2) is 7.99. The van der Waals surface area contributed by atoms with E-state index in [0.717, 1.165) is 44.0 Å². The van der Waals surface area contributed by atoms with Crippen molar-refractivity contribution in [2.75, 3.05) is 26.8 Å². The van der Waals surface area contributed by atoms with Crippen molar-refractivity contribution in [3.05, 3.63) is 24.3 Å². The molecule has 0 aromatic heterocycles. The van der Waals surface area contributed by atoms with Crippen LogP contribution in [0.5, 0.6) is 11.5 Å². The van der Waals surface area contributed by atoms with Crippen molar-refractivity contribution in [2.24, 2.45) is 0 Å². The first kappa shape index (κ1) is 12.8. The van der Waals surface area contributed by atoms with E-state index >= 15 is 0 Å². The molecule has 0 amide bonds. The first-order chi connectivity index (χ1) is 7.86. The van der Waals surface area contributed by atoms with Gasteiger partial charge in [0, 0.05) is 0 Å².